The van der Waals surface area contributed by atoms with E-state index in [0.29, 0.717) is 35.1 Å². The summed E-state index contributed by atoms with van der Waals surface area (Å²) in [6.45, 7) is 0.546. The zero-order valence-corrected chi connectivity index (χ0v) is 10.5. The molecular weight excluding hydrogens is 271 g/mol. The molecule has 7 heteroatoms. The zero-order chi connectivity index (χ0) is 11.7. The van der Waals surface area contributed by atoms with Crippen LogP contribution in [-0.4, -0.2) is 29.6 Å². The largest absolute Gasteiger partial charge is 0.297 e. The van der Waals surface area contributed by atoms with Gasteiger partial charge in [0.05, 0.1) is 0 Å². The topological polar surface area (TPSA) is 50.3 Å². The quantitative estimate of drug-likeness (QED) is 0.629. The van der Waals surface area contributed by atoms with Crippen LogP contribution in [0.1, 0.15) is 16.1 Å². The van der Waals surface area contributed by atoms with Crippen LogP contribution in [0.5, 0.6) is 0 Å². The molecule has 2 heterocycles. The normalized spacial score (nSPS) is 20.5. The number of amides is 1. The van der Waals surface area contributed by atoms with Crippen molar-refractivity contribution < 1.29 is 9.59 Å². The molecule has 0 spiro atoms. The summed E-state index contributed by atoms with van der Waals surface area (Å²) < 4.78 is 0. The highest BCUT2D eigenvalue weighted by Crippen LogP contribution is 2.32. The van der Waals surface area contributed by atoms with Crippen molar-refractivity contribution in [2.24, 2.45) is 5.92 Å². The molecule has 1 aromatic rings. The third kappa shape index (κ3) is 2.07. The number of aromatic nitrogens is 1. The number of nitrogens with zero attached hydrogens (tertiary/aromatic N) is 2. The number of halogens is 2. The number of aldehydes is 1. The highest BCUT2D eigenvalue weighted by Gasteiger charge is 2.32. The molecule has 0 aromatic carbocycles. The fraction of sp³-hybridized carbons (Fsp3) is 0.444. The molecule has 16 heavy (non-hydrogen) atoms. The number of thiazole rings is 1. The number of anilines is 1. The predicted octanol–water partition coefficient (Wildman–Crippen LogP) is 2.20. The number of carbonyl (C=O) groups is 2. The zero-order valence-electron chi connectivity index (χ0n) is 8.15. The van der Waals surface area contributed by atoms with Gasteiger partial charge in [-0.1, -0.05) is 22.9 Å². The lowest BCUT2D eigenvalue weighted by Gasteiger charge is -2.11. The van der Waals surface area contributed by atoms with Gasteiger partial charge >= 0.3 is 0 Å². The van der Waals surface area contributed by atoms with Gasteiger partial charge in [0.15, 0.2) is 16.6 Å². The van der Waals surface area contributed by atoms with Crippen LogP contribution in [0.25, 0.3) is 0 Å². The van der Waals surface area contributed by atoms with E-state index in [9.17, 15) is 9.59 Å². The van der Waals surface area contributed by atoms with Gasteiger partial charge in [0.1, 0.15) is 4.88 Å². The van der Waals surface area contributed by atoms with E-state index in [4.69, 9.17) is 23.2 Å². The van der Waals surface area contributed by atoms with Crippen molar-refractivity contribution in [1.29, 1.82) is 0 Å². The van der Waals surface area contributed by atoms with Crippen LogP contribution in [-0.2, 0) is 4.79 Å². The van der Waals surface area contributed by atoms with E-state index in [1.54, 1.807) is 0 Å². The van der Waals surface area contributed by atoms with Gasteiger partial charge in [0.2, 0.25) is 5.91 Å². The third-order valence-corrected chi connectivity index (χ3v) is 4.20. The lowest BCUT2D eigenvalue weighted by atomic mass is 10.2. The molecule has 1 unspecified atom stereocenters. The van der Waals surface area contributed by atoms with Crippen LogP contribution in [0.4, 0.5) is 5.13 Å². The molecular formula is C9H8Cl2N2O2S. The molecule has 0 radical (unpaired) electrons. The van der Waals surface area contributed by atoms with Crippen LogP contribution < -0.4 is 4.90 Å². The molecule has 1 aliphatic rings. The first kappa shape index (κ1) is 11.8. The van der Waals surface area contributed by atoms with E-state index in [-0.39, 0.29) is 17.0 Å². The summed E-state index contributed by atoms with van der Waals surface area (Å²) in [6, 6.07) is 0. The first-order valence-electron chi connectivity index (χ1n) is 4.63. The van der Waals surface area contributed by atoms with Crippen molar-refractivity contribution in [2.45, 2.75) is 6.42 Å². The van der Waals surface area contributed by atoms with E-state index < -0.39 is 0 Å². The van der Waals surface area contributed by atoms with E-state index in [2.05, 4.69) is 4.98 Å². The molecule has 1 amide bonds. The Bertz CT molecular complexity index is 435. The Labute approximate surface area is 106 Å². The van der Waals surface area contributed by atoms with Gasteiger partial charge in [0, 0.05) is 18.8 Å². The SMILES string of the molecule is O=Cc1sc(N2CC(CCl)CC2=O)nc1Cl. The maximum atomic E-state index is 11.7. The number of alkyl halides is 1. The van der Waals surface area contributed by atoms with E-state index in [1.165, 1.54) is 4.90 Å². The average Bonchev–Trinajstić information content (AvgIpc) is 2.81. The van der Waals surface area contributed by atoms with Crippen molar-refractivity contribution in [3.8, 4) is 0 Å². The first-order valence-corrected chi connectivity index (χ1v) is 6.36. The predicted molar refractivity (Wildman–Crippen MR) is 63.7 cm³/mol. The van der Waals surface area contributed by atoms with Crippen molar-refractivity contribution >= 4 is 51.9 Å². The standard InChI is InChI=1S/C9H8Cl2N2O2S/c10-2-5-1-7(15)13(3-5)9-12-8(11)6(4-14)16-9/h4-5H,1-3H2. The van der Waals surface area contributed by atoms with Gasteiger partial charge in [-0.05, 0) is 5.92 Å². The van der Waals surface area contributed by atoms with Gasteiger partial charge in [-0.3, -0.25) is 14.5 Å². The van der Waals surface area contributed by atoms with Crippen LogP contribution >= 0.6 is 34.5 Å². The van der Waals surface area contributed by atoms with Gasteiger partial charge in [0.25, 0.3) is 0 Å². The van der Waals surface area contributed by atoms with Crippen LogP contribution in [0.15, 0.2) is 0 Å². The number of carbonyl (C=O) groups excluding carboxylic acids is 2. The third-order valence-electron chi connectivity index (χ3n) is 2.36. The Hall–Kier alpha value is -0.650. The lowest BCUT2D eigenvalue weighted by Crippen LogP contribution is -2.24. The molecule has 1 fully saturated rings. The molecule has 0 N–H and O–H groups in total. The second-order valence-electron chi connectivity index (χ2n) is 3.50. The second-order valence-corrected chi connectivity index (χ2v) is 5.17. The summed E-state index contributed by atoms with van der Waals surface area (Å²) in [5, 5.41) is 0.627. The molecule has 0 saturated carbocycles. The molecule has 0 aliphatic carbocycles. The summed E-state index contributed by atoms with van der Waals surface area (Å²) in [6.07, 6.45) is 1.07. The fourth-order valence-corrected chi connectivity index (χ4v) is 2.86. The monoisotopic (exact) mass is 278 g/mol. The second kappa shape index (κ2) is 4.69. The van der Waals surface area contributed by atoms with E-state index >= 15 is 0 Å². The summed E-state index contributed by atoms with van der Waals surface area (Å²) in [4.78, 5) is 28.2. The minimum atomic E-state index is -0.0199. The minimum absolute atomic E-state index is 0.0199. The highest BCUT2D eigenvalue weighted by molar-refractivity contribution is 7.17. The van der Waals surface area contributed by atoms with Crippen LogP contribution in [0.3, 0.4) is 0 Å². The Morgan fingerprint density at radius 3 is 2.88 bits per heavy atom. The van der Waals surface area contributed by atoms with Crippen molar-refractivity contribution in [1.82, 2.24) is 4.98 Å². The highest BCUT2D eigenvalue weighted by atomic mass is 35.5. The Morgan fingerprint density at radius 2 is 2.38 bits per heavy atom. The first-order chi connectivity index (χ1) is 7.65. The van der Waals surface area contributed by atoms with Gasteiger partial charge in [-0.25, -0.2) is 4.98 Å². The molecule has 1 atom stereocenters. The molecule has 1 saturated heterocycles. The van der Waals surface area contributed by atoms with Crippen LogP contribution in [0.2, 0.25) is 5.15 Å². The van der Waals surface area contributed by atoms with Gasteiger partial charge < -0.3 is 0 Å². The molecule has 1 aromatic heterocycles. The number of hydrogen-bond donors (Lipinski definition) is 0. The van der Waals surface area contributed by atoms with E-state index in [1.807, 2.05) is 0 Å². The summed E-state index contributed by atoms with van der Waals surface area (Å²) in [7, 11) is 0. The van der Waals surface area contributed by atoms with Crippen molar-refractivity contribution in [3.63, 3.8) is 0 Å². The maximum Gasteiger partial charge on any atom is 0.229 e. The summed E-state index contributed by atoms with van der Waals surface area (Å²) >= 11 is 12.6. The average molecular weight is 279 g/mol. The molecule has 2 rings (SSSR count). The van der Waals surface area contributed by atoms with Crippen molar-refractivity contribution in [2.75, 3.05) is 17.3 Å². The smallest absolute Gasteiger partial charge is 0.229 e. The minimum Gasteiger partial charge on any atom is -0.297 e. The van der Waals surface area contributed by atoms with Gasteiger partial charge in [-0.15, -0.1) is 11.6 Å². The fourth-order valence-electron chi connectivity index (χ4n) is 1.56. The lowest BCUT2D eigenvalue weighted by molar-refractivity contribution is -0.117. The Kier molecular flexibility index (Phi) is 3.47. The Morgan fingerprint density at radius 1 is 1.62 bits per heavy atom. The van der Waals surface area contributed by atoms with Gasteiger partial charge in [-0.2, -0.15) is 0 Å². The summed E-state index contributed by atoms with van der Waals surface area (Å²) in [5.41, 5.74) is 0. The van der Waals surface area contributed by atoms with Crippen molar-refractivity contribution in [3.05, 3.63) is 10.0 Å². The molecule has 0 bridgehead atoms. The Balaban J connectivity index is 2.24. The molecule has 86 valence electrons. The summed E-state index contributed by atoms with van der Waals surface area (Å²) in [5.74, 6) is 0.576. The molecule has 4 nitrogen and oxygen atoms in total. The number of hydrogen-bond acceptors (Lipinski definition) is 4. The number of rotatable bonds is 3. The van der Waals surface area contributed by atoms with E-state index in [0.717, 1.165) is 11.3 Å². The van der Waals surface area contributed by atoms with Crippen LogP contribution in [0, 0.1) is 5.92 Å². The maximum absolute atomic E-state index is 11.7. The molecule has 1 aliphatic heterocycles.